The molecule has 0 radical (unpaired) electrons. The molecular formula is C18H16F4O. The first-order chi connectivity index (χ1) is 10.8. The molecule has 2 aromatic carbocycles. The van der Waals surface area contributed by atoms with Crippen LogP contribution in [-0.2, 0) is 5.41 Å². The summed E-state index contributed by atoms with van der Waals surface area (Å²) in [5.41, 5.74) is -0.310. The maximum atomic E-state index is 14.3. The summed E-state index contributed by atoms with van der Waals surface area (Å²) in [7, 11) is 0. The van der Waals surface area contributed by atoms with Crippen LogP contribution in [0.15, 0.2) is 42.5 Å². The zero-order chi connectivity index (χ0) is 16.7. The van der Waals surface area contributed by atoms with Crippen molar-refractivity contribution in [3.63, 3.8) is 0 Å². The monoisotopic (exact) mass is 324 g/mol. The van der Waals surface area contributed by atoms with E-state index in [1.54, 1.807) is 12.1 Å². The summed E-state index contributed by atoms with van der Waals surface area (Å²) in [6, 6.07) is 9.79. The first-order valence-corrected chi connectivity index (χ1v) is 7.46. The average molecular weight is 324 g/mol. The number of alkyl halides is 2. The summed E-state index contributed by atoms with van der Waals surface area (Å²) < 4.78 is 55.4. The molecule has 0 amide bonds. The Labute approximate surface area is 131 Å². The van der Waals surface area contributed by atoms with E-state index in [0.29, 0.717) is 11.1 Å². The van der Waals surface area contributed by atoms with E-state index in [2.05, 4.69) is 0 Å². The van der Waals surface area contributed by atoms with Crippen molar-refractivity contribution in [3.05, 3.63) is 65.2 Å². The van der Waals surface area contributed by atoms with Crippen LogP contribution >= 0.6 is 0 Å². The maximum absolute atomic E-state index is 14.3. The first-order valence-electron chi connectivity index (χ1n) is 7.46. The van der Waals surface area contributed by atoms with E-state index in [-0.39, 0.29) is 25.7 Å². The fourth-order valence-electron chi connectivity index (χ4n) is 3.41. The van der Waals surface area contributed by atoms with E-state index < -0.39 is 28.7 Å². The fourth-order valence-corrected chi connectivity index (χ4v) is 3.41. The number of hydrogen-bond donors (Lipinski definition) is 1. The van der Waals surface area contributed by atoms with Crippen LogP contribution in [0.1, 0.15) is 36.8 Å². The molecule has 1 nitrogen and oxygen atoms in total. The predicted molar refractivity (Wildman–Crippen MR) is 78.7 cm³/mol. The molecule has 1 aliphatic carbocycles. The summed E-state index contributed by atoms with van der Waals surface area (Å²) >= 11 is 0. The molecule has 1 saturated carbocycles. The number of benzene rings is 2. The molecule has 5 heteroatoms. The molecule has 0 spiro atoms. The van der Waals surface area contributed by atoms with Crippen molar-refractivity contribution in [3.8, 4) is 5.75 Å². The van der Waals surface area contributed by atoms with Crippen molar-refractivity contribution in [2.45, 2.75) is 37.0 Å². The molecule has 0 saturated heterocycles. The SMILES string of the molecule is Oc1ccc(C2(c3ccccc3F)CCC(F)(F)CC2)cc1F. The Morgan fingerprint density at radius 3 is 2.09 bits per heavy atom. The quantitative estimate of drug-likeness (QED) is 0.756. The number of halogens is 4. The van der Waals surface area contributed by atoms with Crippen molar-refractivity contribution in [1.29, 1.82) is 0 Å². The van der Waals surface area contributed by atoms with Crippen LogP contribution < -0.4 is 0 Å². The predicted octanol–water partition coefficient (Wildman–Crippen LogP) is 5.17. The molecule has 1 N–H and O–H groups in total. The second-order valence-electron chi connectivity index (χ2n) is 6.08. The highest BCUT2D eigenvalue weighted by Gasteiger charge is 2.46. The first kappa shape index (κ1) is 15.8. The highest BCUT2D eigenvalue weighted by Crippen LogP contribution is 2.50. The Morgan fingerprint density at radius 1 is 0.826 bits per heavy atom. The van der Waals surface area contributed by atoms with Gasteiger partial charge in [-0.3, -0.25) is 0 Å². The van der Waals surface area contributed by atoms with Gasteiger partial charge in [-0.05, 0) is 42.2 Å². The smallest absolute Gasteiger partial charge is 0.248 e. The maximum Gasteiger partial charge on any atom is 0.248 e. The number of phenols is 1. The van der Waals surface area contributed by atoms with E-state index in [9.17, 15) is 22.7 Å². The van der Waals surface area contributed by atoms with Crippen LogP contribution in [0.25, 0.3) is 0 Å². The Balaban J connectivity index is 2.15. The molecule has 0 bridgehead atoms. The van der Waals surface area contributed by atoms with Crippen molar-refractivity contribution in [2.24, 2.45) is 0 Å². The molecule has 1 fully saturated rings. The third-order valence-electron chi connectivity index (χ3n) is 4.72. The van der Waals surface area contributed by atoms with Gasteiger partial charge in [0.15, 0.2) is 11.6 Å². The number of aromatic hydroxyl groups is 1. The number of rotatable bonds is 2. The molecule has 23 heavy (non-hydrogen) atoms. The van der Waals surface area contributed by atoms with Crippen LogP contribution in [0.2, 0.25) is 0 Å². The van der Waals surface area contributed by atoms with Crippen molar-refractivity contribution in [2.75, 3.05) is 0 Å². The third kappa shape index (κ3) is 2.80. The molecule has 3 rings (SSSR count). The van der Waals surface area contributed by atoms with Gasteiger partial charge < -0.3 is 5.11 Å². The van der Waals surface area contributed by atoms with E-state index in [4.69, 9.17) is 0 Å². The lowest BCUT2D eigenvalue weighted by atomic mass is 9.64. The van der Waals surface area contributed by atoms with Gasteiger partial charge in [-0.15, -0.1) is 0 Å². The molecule has 1 aliphatic rings. The Kier molecular flexibility index (Phi) is 3.82. The molecular weight excluding hydrogens is 308 g/mol. The summed E-state index contributed by atoms with van der Waals surface area (Å²) in [6.45, 7) is 0. The number of hydrogen-bond acceptors (Lipinski definition) is 1. The van der Waals surface area contributed by atoms with E-state index in [0.717, 1.165) is 6.07 Å². The average Bonchev–Trinajstić information content (AvgIpc) is 2.51. The molecule has 0 atom stereocenters. The topological polar surface area (TPSA) is 20.2 Å². The highest BCUT2D eigenvalue weighted by molar-refractivity contribution is 5.43. The van der Waals surface area contributed by atoms with Crippen LogP contribution in [-0.4, -0.2) is 11.0 Å². The lowest BCUT2D eigenvalue weighted by Crippen LogP contribution is -2.38. The standard InChI is InChI=1S/C18H16F4O/c19-14-4-2-1-3-13(14)17(7-9-18(21,22)10-8-17)12-5-6-16(23)15(20)11-12/h1-6,11,23H,7-10H2. The normalized spacial score (nSPS) is 19.5. The summed E-state index contributed by atoms with van der Waals surface area (Å²) in [5.74, 6) is -4.63. The Hall–Kier alpha value is -2.04. The van der Waals surface area contributed by atoms with Crippen molar-refractivity contribution in [1.82, 2.24) is 0 Å². The van der Waals surface area contributed by atoms with Gasteiger partial charge in [-0.25, -0.2) is 17.6 Å². The van der Waals surface area contributed by atoms with Crippen LogP contribution in [0.4, 0.5) is 17.6 Å². The zero-order valence-corrected chi connectivity index (χ0v) is 12.3. The molecule has 0 heterocycles. The molecule has 122 valence electrons. The van der Waals surface area contributed by atoms with Crippen molar-refractivity contribution < 1.29 is 22.7 Å². The lowest BCUT2D eigenvalue weighted by Gasteiger charge is -2.41. The lowest BCUT2D eigenvalue weighted by molar-refractivity contribution is -0.0474. The molecule has 0 unspecified atom stereocenters. The second kappa shape index (κ2) is 5.55. The number of phenolic OH excluding ortho intramolecular Hbond substituents is 1. The van der Waals surface area contributed by atoms with Gasteiger partial charge >= 0.3 is 0 Å². The van der Waals surface area contributed by atoms with Crippen LogP contribution in [0, 0.1) is 11.6 Å². The van der Waals surface area contributed by atoms with Gasteiger partial charge in [0, 0.05) is 18.3 Å². The van der Waals surface area contributed by atoms with Gasteiger partial charge in [0.1, 0.15) is 5.82 Å². The molecule has 2 aromatic rings. The molecule has 0 aromatic heterocycles. The fraction of sp³-hybridized carbons (Fsp3) is 0.333. The minimum absolute atomic E-state index is 0.0190. The second-order valence-corrected chi connectivity index (χ2v) is 6.08. The van der Waals surface area contributed by atoms with E-state index in [1.807, 2.05) is 0 Å². The van der Waals surface area contributed by atoms with E-state index in [1.165, 1.54) is 24.3 Å². The van der Waals surface area contributed by atoms with Crippen LogP contribution in [0.3, 0.4) is 0 Å². The van der Waals surface area contributed by atoms with Gasteiger partial charge in [-0.2, -0.15) is 0 Å². The minimum Gasteiger partial charge on any atom is -0.505 e. The summed E-state index contributed by atoms with van der Waals surface area (Å²) in [4.78, 5) is 0. The van der Waals surface area contributed by atoms with Gasteiger partial charge in [0.25, 0.3) is 0 Å². The zero-order valence-electron chi connectivity index (χ0n) is 12.3. The van der Waals surface area contributed by atoms with E-state index >= 15 is 0 Å². The summed E-state index contributed by atoms with van der Waals surface area (Å²) in [5, 5.41) is 9.37. The van der Waals surface area contributed by atoms with Crippen molar-refractivity contribution >= 4 is 0 Å². The third-order valence-corrected chi connectivity index (χ3v) is 4.72. The summed E-state index contributed by atoms with van der Waals surface area (Å²) in [6.07, 6.45) is -0.732. The Bertz CT molecular complexity index is 717. The highest BCUT2D eigenvalue weighted by atomic mass is 19.3. The minimum atomic E-state index is -2.79. The van der Waals surface area contributed by atoms with Crippen LogP contribution in [0.5, 0.6) is 5.75 Å². The Morgan fingerprint density at radius 2 is 1.48 bits per heavy atom. The van der Waals surface area contributed by atoms with Gasteiger partial charge in [0.05, 0.1) is 0 Å². The van der Waals surface area contributed by atoms with Gasteiger partial charge in [-0.1, -0.05) is 24.3 Å². The molecule has 0 aliphatic heterocycles. The van der Waals surface area contributed by atoms with Gasteiger partial charge in [0.2, 0.25) is 5.92 Å². The largest absolute Gasteiger partial charge is 0.505 e.